The lowest BCUT2D eigenvalue weighted by Crippen LogP contribution is -2.28. The van der Waals surface area contributed by atoms with Crippen LogP contribution in [0.3, 0.4) is 0 Å². The zero-order valence-electron chi connectivity index (χ0n) is 17.7. The number of thioether (sulfide) groups is 1. The highest BCUT2D eigenvalue weighted by atomic mass is 32.2. The molecule has 2 aromatic rings. The molecule has 0 radical (unpaired) electrons. The Morgan fingerprint density at radius 2 is 1.97 bits per heavy atom. The molecule has 0 aromatic heterocycles. The molecular weight excluding hydrogens is 410 g/mol. The lowest BCUT2D eigenvalue weighted by molar-refractivity contribution is -0.122. The van der Waals surface area contributed by atoms with E-state index in [-0.39, 0.29) is 11.5 Å². The van der Waals surface area contributed by atoms with Gasteiger partial charge < -0.3 is 10.0 Å². The summed E-state index contributed by atoms with van der Waals surface area (Å²) >= 11 is 1.32. The smallest absolute Gasteiger partial charge is 0.335 e. The van der Waals surface area contributed by atoms with Crippen molar-refractivity contribution in [3.05, 3.63) is 64.1 Å². The third kappa shape index (κ3) is 4.51. The monoisotopic (exact) mass is 435 g/mol. The second kappa shape index (κ2) is 8.98. The SMILES string of the molecule is CCN1C(=O)/C(=C/c2ccc(N3CCCC3)cc2C)SC1=Nc1cccc(C(=O)O)c1. The Bertz CT molecular complexity index is 1090. The van der Waals surface area contributed by atoms with E-state index in [1.807, 2.05) is 13.0 Å². The summed E-state index contributed by atoms with van der Waals surface area (Å²) in [5.41, 5.74) is 4.07. The topological polar surface area (TPSA) is 73.2 Å². The van der Waals surface area contributed by atoms with Crippen molar-refractivity contribution in [2.75, 3.05) is 24.5 Å². The van der Waals surface area contributed by atoms with Gasteiger partial charge in [-0.1, -0.05) is 12.1 Å². The van der Waals surface area contributed by atoms with Gasteiger partial charge in [0.2, 0.25) is 0 Å². The molecule has 0 aliphatic carbocycles. The number of amidine groups is 1. The second-order valence-corrected chi connectivity index (χ2v) is 8.65. The van der Waals surface area contributed by atoms with E-state index in [9.17, 15) is 14.7 Å². The maximum atomic E-state index is 13.0. The van der Waals surface area contributed by atoms with Gasteiger partial charge >= 0.3 is 5.97 Å². The van der Waals surface area contributed by atoms with Crippen LogP contribution in [0.25, 0.3) is 6.08 Å². The minimum Gasteiger partial charge on any atom is -0.478 e. The normalized spacial score (nSPS) is 19.1. The number of hydrogen-bond donors (Lipinski definition) is 1. The van der Waals surface area contributed by atoms with Crippen molar-refractivity contribution in [3.8, 4) is 0 Å². The first-order valence-electron chi connectivity index (χ1n) is 10.5. The number of hydrogen-bond acceptors (Lipinski definition) is 5. The Kier molecular flexibility index (Phi) is 6.13. The number of rotatable bonds is 5. The first-order chi connectivity index (χ1) is 15.0. The number of carboxylic acid groups (broad SMARTS) is 1. The largest absolute Gasteiger partial charge is 0.478 e. The molecule has 0 saturated carbocycles. The fraction of sp³-hybridized carbons (Fsp3) is 0.292. The van der Waals surface area contributed by atoms with Crippen molar-refractivity contribution in [3.63, 3.8) is 0 Å². The van der Waals surface area contributed by atoms with Crippen LogP contribution in [0, 0.1) is 6.92 Å². The van der Waals surface area contributed by atoms with E-state index >= 15 is 0 Å². The highest BCUT2D eigenvalue weighted by molar-refractivity contribution is 8.18. The molecule has 2 saturated heterocycles. The number of amides is 1. The molecule has 6 nitrogen and oxygen atoms in total. The van der Waals surface area contributed by atoms with Crippen LogP contribution < -0.4 is 4.90 Å². The molecule has 0 bridgehead atoms. The van der Waals surface area contributed by atoms with E-state index in [1.54, 1.807) is 17.0 Å². The van der Waals surface area contributed by atoms with Crippen molar-refractivity contribution in [2.24, 2.45) is 4.99 Å². The molecule has 2 aliphatic rings. The van der Waals surface area contributed by atoms with Crippen molar-refractivity contribution < 1.29 is 14.7 Å². The lowest BCUT2D eigenvalue weighted by atomic mass is 10.1. The lowest BCUT2D eigenvalue weighted by Gasteiger charge is -2.18. The molecule has 1 N–H and O–H groups in total. The van der Waals surface area contributed by atoms with Crippen molar-refractivity contribution in [1.29, 1.82) is 0 Å². The van der Waals surface area contributed by atoms with Crippen molar-refractivity contribution in [1.82, 2.24) is 4.90 Å². The van der Waals surface area contributed by atoms with Crippen LogP contribution in [-0.4, -0.2) is 46.7 Å². The Morgan fingerprint density at radius 1 is 1.19 bits per heavy atom. The Labute approximate surface area is 186 Å². The standard InChI is InChI=1S/C24H25N3O3S/c1-3-27-22(28)21(31-24(27)25-19-8-6-7-18(14-19)23(29)30)15-17-9-10-20(13-16(17)2)26-11-4-5-12-26/h6-10,13-15H,3-5,11-12H2,1-2H3,(H,29,30)/b21-15-,25-24?. The third-order valence-corrected chi connectivity index (χ3v) is 6.54. The van der Waals surface area contributed by atoms with Gasteiger partial charge in [-0.05, 0) is 86.0 Å². The number of carboxylic acids is 1. The van der Waals surface area contributed by atoms with Crippen LogP contribution in [0.15, 0.2) is 52.4 Å². The fourth-order valence-electron chi connectivity index (χ4n) is 3.82. The third-order valence-electron chi connectivity index (χ3n) is 5.53. The molecule has 0 unspecified atom stereocenters. The summed E-state index contributed by atoms with van der Waals surface area (Å²) in [6.07, 6.45) is 4.40. The number of anilines is 1. The number of carbonyl (C=O) groups excluding carboxylic acids is 1. The number of aromatic carboxylic acids is 1. The van der Waals surface area contributed by atoms with Gasteiger partial charge in [0.15, 0.2) is 5.17 Å². The zero-order valence-corrected chi connectivity index (χ0v) is 18.5. The minimum atomic E-state index is -1.00. The van der Waals surface area contributed by atoms with Crippen LogP contribution in [0.1, 0.15) is 41.3 Å². The summed E-state index contributed by atoms with van der Waals surface area (Å²) in [7, 11) is 0. The van der Waals surface area contributed by atoms with Crippen LogP contribution in [0.5, 0.6) is 0 Å². The molecule has 2 fully saturated rings. The predicted molar refractivity (Wildman–Crippen MR) is 126 cm³/mol. The quantitative estimate of drug-likeness (QED) is 0.675. The van der Waals surface area contributed by atoms with Crippen LogP contribution >= 0.6 is 11.8 Å². The van der Waals surface area contributed by atoms with Gasteiger partial charge in [0, 0.05) is 25.3 Å². The second-order valence-electron chi connectivity index (χ2n) is 7.64. The van der Waals surface area contributed by atoms with Gasteiger partial charge in [-0.2, -0.15) is 0 Å². The average Bonchev–Trinajstić information content (AvgIpc) is 3.38. The van der Waals surface area contributed by atoms with E-state index in [1.165, 1.54) is 42.4 Å². The molecule has 7 heteroatoms. The van der Waals surface area contributed by atoms with Gasteiger partial charge in [0.1, 0.15) is 0 Å². The average molecular weight is 436 g/mol. The van der Waals surface area contributed by atoms with Gasteiger partial charge in [0.05, 0.1) is 16.2 Å². The number of aliphatic imine (C=N–C) groups is 1. The van der Waals surface area contributed by atoms with Crippen molar-refractivity contribution in [2.45, 2.75) is 26.7 Å². The highest BCUT2D eigenvalue weighted by Gasteiger charge is 2.32. The highest BCUT2D eigenvalue weighted by Crippen LogP contribution is 2.35. The molecule has 0 atom stereocenters. The predicted octanol–water partition coefficient (Wildman–Crippen LogP) is 4.92. The molecule has 160 valence electrons. The molecule has 31 heavy (non-hydrogen) atoms. The van der Waals surface area contributed by atoms with E-state index in [0.717, 1.165) is 24.2 Å². The van der Waals surface area contributed by atoms with Crippen molar-refractivity contribution >= 4 is 46.3 Å². The molecule has 2 heterocycles. The van der Waals surface area contributed by atoms with Crippen LogP contribution in [-0.2, 0) is 4.79 Å². The van der Waals surface area contributed by atoms with E-state index in [4.69, 9.17) is 0 Å². The van der Waals surface area contributed by atoms with Gasteiger partial charge in [-0.15, -0.1) is 0 Å². The maximum Gasteiger partial charge on any atom is 0.335 e. The summed E-state index contributed by atoms with van der Waals surface area (Å²) in [4.78, 5) is 33.4. The molecule has 2 aliphatic heterocycles. The number of carbonyl (C=O) groups is 2. The van der Waals surface area contributed by atoms with Crippen LogP contribution in [0.2, 0.25) is 0 Å². The fourth-order valence-corrected chi connectivity index (χ4v) is 4.88. The number of nitrogens with zero attached hydrogens (tertiary/aromatic N) is 3. The summed E-state index contributed by atoms with van der Waals surface area (Å²) in [6.45, 7) is 6.67. The van der Waals surface area contributed by atoms with E-state index in [2.05, 4.69) is 35.0 Å². The van der Waals surface area contributed by atoms with Gasteiger partial charge in [-0.3, -0.25) is 9.69 Å². The zero-order chi connectivity index (χ0) is 22.0. The van der Waals surface area contributed by atoms with E-state index < -0.39 is 5.97 Å². The first kappa shape index (κ1) is 21.2. The molecular formula is C24H25N3O3S. The Hall–Kier alpha value is -3.06. The first-order valence-corrected chi connectivity index (χ1v) is 11.3. The molecule has 2 aromatic carbocycles. The maximum absolute atomic E-state index is 13.0. The number of likely N-dealkylation sites (N-methyl/N-ethyl adjacent to an activating group) is 1. The van der Waals surface area contributed by atoms with E-state index in [0.29, 0.717) is 22.3 Å². The summed E-state index contributed by atoms with van der Waals surface area (Å²) in [5, 5.41) is 9.76. The molecule has 1 amide bonds. The summed E-state index contributed by atoms with van der Waals surface area (Å²) < 4.78 is 0. The Balaban J connectivity index is 1.61. The van der Waals surface area contributed by atoms with Gasteiger partial charge in [-0.25, -0.2) is 9.79 Å². The minimum absolute atomic E-state index is 0.0799. The van der Waals surface area contributed by atoms with Crippen LogP contribution in [0.4, 0.5) is 11.4 Å². The Morgan fingerprint density at radius 3 is 2.65 bits per heavy atom. The summed E-state index contributed by atoms with van der Waals surface area (Å²) in [6, 6.07) is 12.8. The summed E-state index contributed by atoms with van der Waals surface area (Å²) in [5.74, 6) is -1.08. The molecule has 0 spiro atoms. The van der Waals surface area contributed by atoms with Gasteiger partial charge in [0.25, 0.3) is 5.91 Å². The number of aryl methyl sites for hydroxylation is 1. The number of benzene rings is 2. The molecule has 4 rings (SSSR count).